The van der Waals surface area contributed by atoms with Crippen LogP contribution < -0.4 is 10.0 Å². The lowest BCUT2D eigenvalue weighted by atomic mass is 10.1. The Morgan fingerprint density at radius 2 is 2.10 bits per heavy atom. The van der Waals surface area contributed by atoms with E-state index < -0.39 is 10.0 Å². The highest BCUT2D eigenvalue weighted by atomic mass is 32.2. The summed E-state index contributed by atoms with van der Waals surface area (Å²) in [6.45, 7) is 3.17. The monoisotopic (exact) mass is 314 g/mol. The summed E-state index contributed by atoms with van der Waals surface area (Å²) in [7, 11) is -1.63. The molecule has 1 aliphatic heterocycles. The quantitative estimate of drug-likeness (QED) is 0.843. The zero-order chi connectivity index (χ0) is 14.6. The van der Waals surface area contributed by atoms with Crippen molar-refractivity contribution in [3.05, 3.63) is 29.8 Å². The van der Waals surface area contributed by atoms with Crippen molar-refractivity contribution >= 4 is 21.8 Å². The van der Waals surface area contributed by atoms with Crippen LogP contribution in [0.1, 0.15) is 25.3 Å². The molecule has 0 aliphatic carbocycles. The second-order valence-corrected chi connectivity index (χ2v) is 8.78. The van der Waals surface area contributed by atoms with Gasteiger partial charge in [0.25, 0.3) is 0 Å². The highest BCUT2D eigenvalue weighted by Gasteiger charge is 2.31. The Bertz CT molecular complexity index is 552. The number of nitrogens with one attached hydrogen (secondary N) is 2. The van der Waals surface area contributed by atoms with Crippen molar-refractivity contribution in [1.82, 2.24) is 10.0 Å². The molecular weight excluding hydrogens is 292 g/mol. The Morgan fingerprint density at radius 1 is 1.35 bits per heavy atom. The highest BCUT2D eigenvalue weighted by Crippen LogP contribution is 2.37. The SMILES string of the molecule is CNCc1ccccc1S(=O)(=O)NCC1(C)CCCS1. The number of sulfonamides is 1. The van der Waals surface area contributed by atoms with E-state index in [4.69, 9.17) is 0 Å². The van der Waals surface area contributed by atoms with Crippen LogP contribution in [0.2, 0.25) is 0 Å². The molecule has 1 fully saturated rings. The lowest BCUT2D eigenvalue weighted by Crippen LogP contribution is -2.37. The van der Waals surface area contributed by atoms with Gasteiger partial charge in [-0.15, -0.1) is 0 Å². The molecule has 112 valence electrons. The number of hydrogen-bond donors (Lipinski definition) is 2. The smallest absolute Gasteiger partial charge is 0.240 e. The second kappa shape index (κ2) is 6.47. The molecule has 1 heterocycles. The van der Waals surface area contributed by atoms with Crippen molar-refractivity contribution in [3.8, 4) is 0 Å². The third-order valence-corrected chi connectivity index (χ3v) is 6.61. The van der Waals surface area contributed by atoms with E-state index in [0.29, 0.717) is 18.0 Å². The summed E-state index contributed by atoms with van der Waals surface area (Å²) < 4.78 is 27.8. The molecule has 0 radical (unpaired) electrons. The molecule has 4 nitrogen and oxygen atoms in total. The molecule has 0 bridgehead atoms. The molecule has 1 unspecified atom stereocenters. The predicted octanol–water partition coefficient (Wildman–Crippen LogP) is 1.97. The molecule has 1 atom stereocenters. The van der Waals surface area contributed by atoms with Crippen LogP contribution in [0.4, 0.5) is 0 Å². The minimum absolute atomic E-state index is 0.0328. The van der Waals surface area contributed by atoms with Gasteiger partial charge >= 0.3 is 0 Å². The maximum atomic E-state index is 12.5. The van der Waals surface area contributed by atoms with Gasteiger partial charge in [-0.25, -0.2) is 13.1 Å². The lowest BCUT2D eigenvalue weighted by molar-refractivity contribution is 0.551. The van der Waals surface area contributed by atoms with Gasteiger partial charge in [0.1, 0.15) is 0 Å². The molecular formula is C14H22N2O2S2. The maximum absolute atomic E-state index is 12.5. The van der Waals surface area contributed by atoms with Crippen LogP contribution >= 0.6 is 11.8 Å². The second-order valence-electron chi connectivity index (χ2n) is 5.36. The van der Waals surface area contributed by atoms with E-state index in [1.165, 1.54) is 6.42 Å². The van der Waals surface area contributed by atoms with E-state index >= 15 is 0 Å². The normalized spacial score (nSPS) is 23.1. The Balaban J connectivity index is 2.14. The van der Waals surface area contributed by atoms with E-state index in [-0.39, 0.29) is 4.75 Å². The zero-order valence-electron chi connectivity index (χ0n) is 12.0. The van der Waals surface area contributed by atoms with Gasteiger partial charge in [-0.1, -0.05) is 18.2 Å². The minimum Gasteiger partial charge on any atom is -0.316 e. The molecule has 2 rings (SSSR count). The van der Waals surface area contributed by atoms with Crippen LogP contribution in [0.15, 0.2) is 29.2 Å². The van der Waals surface area contributed by atoms with Crippen LogP contribution in [0, 0.1) is 0 Å². The summed E-state index contributed by atoms with van der Waals surface area (Å²) in [5.74, 6) is 1.12. The van der Waals surface area contributed by atoms with Crippen molar-refractivity contribution in [2.75, 3.05) is 19.3 Å². The van der Waals surface area contributed by atoms with E-state index in [9.17, 15) is 8.42 Å². The number of rotatable bonds is 6. The van der Waals surface area contributed by atoms with Gasteiger partial charge < -0.3 is 5.32 Å². The fraction of sp³-hybridized carbons (Fsp3) is 0.571. The van der Waals surface area contributed by atoms with Crippen molar-refractivity contribution in [2.45, 2.75) is 36.0 Å². The van der Waals surface area contributed by atoms with Crippen LogP contribution in [0.25, 0.3) is 0 Å². The minimum atomic E-state index is -3.44. The number of hydrogen-bond acceptors (Lipinski definition) is 4. The topological polar surface area (TPSA) is 58.2 Å². The summed E-state index contributed by atoms with van der Waals surface area (Å²) in [5.41, 5.74) is 0.798. The third-order valence-electron chi connectivity index (χ3n) is 3.57. The van der Waals surface area contributed by atoms with Gasteiger partial charge in [0, 0.05) is 17.8 Å². The van der Waals surface area contributed by atoms with Crippen molar-refractivity contribution < 1.29 is 8.42 Å². The van der Waals surface area contributed by atoms with Gasteiger partial charge in [0.15, 0.2) is 0 Å². The Morgan fingerprint density at radius 3 is 2.75 bits per heavy atom. The van der Waals surface area contributed by atoms with Crippen molar-refractivity contribution in [2.24, 2.45) is 0 Å². The molecule has 1 aromatic rings. The molecule has 0 spiro atoms. The van der Waals surface area contributed by atoms with Gasteiger partial charge in [-0.05, 0) is 44.2 Å². The van der Waals surface area contributed by atoms with E-state index in [2.05, 4.69) is 17.0 Å². The molecule has 6 heteroatoms. The first-order chi connectivity index (χ1) is 9.47. The summed E-state index contributed by atoms with van der Waals surface area (Å²) in [6, 6.07) is 7.13. The van der Waals surface area contributed by atoms with Crippen LogP contribution in [0.3, 0.4) is 0 Å². The standard InChI is InChI=1S/C14H22N2O2S2/c1-14(8-5-9-19-14)11-16-20(17,18)13-7-4-3-6-12(13)10-15-2/h3-4,6-7,15-16H,5,8-11H2,1-2H3. The largest absolute Gasteiger partial charge is 0.316 e. The molecule has 2 N–H and O–H groups in total. The fourth-order valence-corrected chi connectivity index (χ4v) is 5.15. The molecule has 1 aliphatic rings. The lowest BCUT2D eigenvalue weighted by Gasteiger charge is -2.23. The Hall–Kier alpha value is -0.560. The summed E-state index contributed by atoms with van der Waals surface area (Å²) in [6.07, 6.45) is 2.23. The number of benzene rings is 1. The van der Waals surface area contributed by atoms with E-state index in [1.54, 1.807) is 12.1 Å². The molecule has 0 amide bonds. The van der Waals surface area contributed by atoms with Gasteiger partial charge in [0.2, 0.25) is 10.0 Å². The average Bonchev–Trinajstić information content (AvgIpc) is 2.85. The van der Waals surface area contributed by atoms with Gasteiger partial charge in [-0.2, -0.15) is 11.8 Å². The zero-order valence-corrected chi connectivity index (χ0v) is 13.6. The first-order valence-corrected chi connectivity index (χ1v) is 9.30. The molecule has 20 heavy (non-hydrogen) atoms. The third kappa shape index (κ3) is 3.75. The maximum Gasteiger partial charge on any atom is 0.240 e. The van der Waals surface area contributed by atoms with E-state index in [0.717, 1.165) is 17.7 Å². The van der Waals surface area contributed by atoms with Gasteiger partial charge in [0.05, 0.1) is 4.90 Å². The molecule has 0 aromatic heterocycles. The molecule has 1 aromatic carbocycles. The van der Waals surface area contributed by atoms with Crippen LogP contribution in [-0.2, 0) is 16.6 Å². The predicted molar refractivity (Wildman–Crippen MR) is 84.5 cm³/mol. The fourth-order valence-electron chi connectivity index (χ4n) is 2.40. The van der Waals surface area contributed by atoms with Crippen molar-refractivity contribution in [3.63, 3.8) is 0 Å². The first kappa shape index (κ1) is 15.8. The van der Waals surface area contributed by atoms with Gasteiger partial charge in [-0.3, -0.25) is 0 Å². The highest BCUT2D eigenvalue weighted by molar-refractivity contribution is 8.01. The molecule has 1 saturated heterocycles. The summed E-state index contributed by atoms with van der Waals surface area (Å²) >= 11 is 1.86. The van der Waals surface area contributed by atoms with Crippen LogP contribution in [0.5, 0.6) is 0 Å². The first-order valence-electron chi connectivity index (χ1n) is 6.83. The van der Waals surface area contributed by atoms with E-state index in [1.807, 2.05) is 30.9 Å². The molecule has 0 saturated carbocycles. The average molecular weight is 314 g/mol. The number of thioether (sulfide) groups is 1. The van der Waals surface area contributed by atoms with Crippen molar-refractivity contribution in [1.29, 1.82) is 0 Å². The van der Waals surface area contributed by atoms with Crippen LogP contribution in [-0.4, -0.2) is 32.5 Å². The summed E-state index contributed by atoms with van der Waals surface area (Å²) in [4.78, 5) is 0.376. The summed E-state index contributed by atoms with van der Waals surface area (Å²) in [5, 5.41) is 3.00. The Kier molecular flexibility index (Phi) is 5.12. The Labute approximate surface area is 125 Å².